The third-order valence-corrected chi connectivity index (χ3v) is 3.65. The molecule has 1 aliphatic carbocycles. The van der Waals surface area contributed by atoms with Crippen molar-refractivity contribution >= 4 is 11.9 Å². The van der Waals surface area contributed by atoms with E-state index >= 15 is 0 Å². The zero-order chi connectivity index (χ0) is 12.7. The van der Waals surface area contributed by atoms with Gasteiger partial charge in [-0.15, -0.1) is 0 Å². The molecular formula is C13H22O4. The second-order valence-corrected chi connectivity index (χ2v) is 4.94. The molecule has 0 aromatic heterocycles. The molecule has 0 heterocycles. The number of rotatable bonds is 2. The Hall–Kier alpha value is -1.06. The van der Waals surface area contributed by atoms with Gasteiger partial charge in [0.2, 0.25) is 0 Å². The van der Waals surface area contributed by atoms with Crippen LogP contribution in [0.2, 0.25) is 0 Å². The van der Waals surface area contributed by atoms with Crippen LogP contribution in [0.25, 0.3) is 0 Å². The summed E-state index contributed by atoms with van der Waals surface area (Å²) >= 11 is 0. The lowest BCUT2D eigenvalue weighted by Gasteiger charge is -2.19. The molecule has 2 N–H and O–H groups in total. The van der Waals surface area contributed by atoms with Crippen LogP contribution in [-0.2, 0) is 9.59 Å². The monoisotopic (exact) mass is 242 g/mol. The second kappa shape index (κ2) is 7.30. The Bertz CT molecular complexity index is 236. The van der Waals surface area contributed by atoms with Gasteiger partial charge in [-0.1, -0.05) is 44.9 Å². The van der Waals surface area contributed by atoms with E-state index in [4.69, 9.17) is 10.2 Å². The minimum absolute atomic E-state index is 0.506. The van der Waals surface area contributed by atoms with E-state index < -0.39 is 23.8 Å². The topological polar surface area (TPSA) is 74.6 Å². The fourth-order valence-corrected chi connectivity index (χ4v) is 2.61. The van der Waals surface area contributed by atoms with E-state index in [1.807, 2.05) is 0 Å². The smallest absolute Gasteiger partial charge is 0.307 e. The van der Waals surface area contributed by atoms with Crippen molar-refractivity contribution in [2.24, 2.45) is 11.8 Å². The van der Waals surface area contributed by atoms with Gasteiger partial charge < -0.3 is 10.2 Å². The lowest BCUT2D eigenvalue weighted by molar-refractivity contribution is -0.154. The Balaban J connectivity index is 2.68. The third kappa shape index (κ3) is 4.75. The van der Waals surface area contributed by atoms with E-state index in [0.717, 1.165) is 38.5 Å². The van der Waals surface area contributed by atoms with E-state index in [1.165, 1.54) is 6.42 Å². The summed E-state index contributed by atoms with van der Waals surface area (Å²) in [6.45, 7) is 0. The van der Waals surface area contributed by atoms with E-state index in [9.17, 15) is 9.59 Å². The number of carboxylic acid groups (broad SMARTS) is 2. The van der Waals surface area contributed by atoms with E-state index in [2.05, 4.69) is 0 Å². The third-order valence-electron chi connectivity index (χ3n) is 3.65. The molecule has 98 valence electrons. The number of aliphatic carboxylic acids is 2. The predicted molar refractivity (Wildman–Crippen MR) is 63.8 cm³/mol. The molecule has 0 amide bonds. The van der Waals surface area contributed by atoms with Gasteiger partial charge in [0, 0.05) is 0 Å². The standard InChI is InChI=1S/C13H22O4/c14-12(15)10-8-6-4-2-1-3-5-7-9-11(10)13(16)17/h10-11H,1-9H2,(H,14,15)(H,16,17). The average molecular weight is 242 g/mol. The molecule has 0 bridgehead atoms. The molecule has 1 fully saturated rings. The lowest BCUT2D eigenvalue weighted by atomic mass is 9.84. The van der Waals surface area contributed by atoms with Crippen LogP contribution < -0.4 is 0 Å². The van der Waals surface area contributed by atoms with Crippen LogP contribution in [0.5, 0.6) is 0 Å². The molecule has 1 rings (SSSR count). The second-order valence-electron chi connectivity index (χ2n) is 4.94. The zero-order valence-corrected chi connectivity index (χ0v) is 10.2. The molecule has 0 aliphatic heterocycles. The normalized spacial score (nSPS) is 28.0. The minimum atomic E-state index is -0.948. The van der Waals surface area contributed by atoms with Crippen molar-refractivity contribution in [2.45, 2.75) is 57.8 Å². The van der Waals surface area contributed by atoms with Gasteiger partial charge in [0.1, 0.15) is 0 Å². The van der Waals surface area contributed by atoms with Gasteiger partial charge in [-0.25, -0.2) is 0 Å². The first kappa shape index (κ1) is 14.0. The minimum Gasteiger partial charge on any atom is -0.481 e. The zero-order valence-electron chi connectivity index (χ0n) is 10.2. The Morgan fingerprint density at radius 1 is 0.647 bits per heavy atom. The van der Waals surface area contributed by atoms with Gasteiger partial charge in [0.05, 0.1) is 11.8 Å². The number of hydrogen-bond acceptors (Lipinski definition) is 2. The summed E-state index contributed by atoms with van der Waals surface area (Å²) in [6.07, 6.45) is 8.20. The molecular weight excluding hydrogens is 220 g/mol. The maximum atomic E-state index is 11.2. The SMILES string of the molecule is O=C(O)C1CCCCCCCCCC1C(=O)O. The highest BCUT2D eigenvalue weighted by atomic mass is 16.4. The fourth-order valence-electron chi connectivity index (χ4n) is 2.61. The molecule has 1 aliphatic rings. The van der Waals surface area contributed by atoms with Crippen LogP contribution in [0.3, 0.4) is 0 Å². The average Bonchev–Trinajstić information content (AvgIpc) is 2.31. The molecule has 0 aromatic rings. The Labute approximate surface area is 102 Å². The summed E-state index contributed by atoms with van der Waals surface area (Å²) in [4.78, 5) is 22.3. The summed E-state index contributed by atoms with van der Waals surface area (Å²) in [7, 11) is 0. The number of carbonyl (C=O) groups is 2. The van der Waals surface area contributed by atoms with Crippen LogP contribution in [-0.4, -0.2) is 22.2 Å². The van der Waals surface area contributed by atoms with Crippen LogP contribution in [0, 0.1) is 11.8 Å². The quantitative estimate of drug-likeness (QED) is 0.780. The largest absolute Gasteiger partial charge is 0.481 e. The maximum Gasteiger partial charge on any atom is 0.307 e. The van der Waals surface area contributed by atoms with Crippen LogP contribution in [0.15, 0.2) is 0 Å². The Kier molecular flexibility index (Phi) is 6.01. The van der Waals surface area contributed by atoms with Gasteiger partial charge in [0.15, 0.2) is 0 Å². The summed E-state index contributed by atoms with van der Waals surface area (Å²) in [6, 6.07) is 0. The van der Waals surface area contributed by atoms with Gasteiger partial charge >= 0.3 is 11.9 Å². The lowest BCUT2D eigenvalue weighted by Crippen LogP contribution is -2.29. The van der Waals surface area contributed by atoms with Crippen molar-refractivity contribution < 1.29 is 19.8 Å². The highest BCUT2D eigenvalue weighted by Gasteiger charge is 2.32. The number of carboxylic acids is 2. The fraction of sp³-hybridized carbons (Fsp3) is 0.846. The molecule has 2 unspecified atom stereocenters. The van der Waals surface area contributed by atoms with Crippen molar-refractivity contribution in [3.05, 3.63) is 0 Å². The molecule has 4 heteroatoms. The van der Waals surface area contributed by atoms with Crippen molar-refractivity contribution in [2.75, 3.05) is 0 Å². The molecule has 2 atom stereocenters. The molecule has 4 nitrogen and oxygen atoms in total. The first-order valence-corrected chi connectivity index (χ1v) is 6.58. The van der Waals surface area contributed by atoms with Gasteiger partial charge in [-0.05, 0) is 12.8 Å². The van der Waals surface area contributed by atoms with Crippen molar-refractivity contribution in [3.63, 3.8) is 0 Å². The van der Waals surface area contributed by atoms with Gasteiger partial charge in [0.25, 0.3) is 0 Å². The Morgan fingerprint density at radius 2 is 0.941 bits per heavy atom. The number of hydrogen-bond donors (Lipinski definition) is 2. The van der Waals surface area contributed by atoms with Gasteiger partial charge in [-0.2, -0.15) is 0 Å². The van der Waals surface area contributed by atoms with Crippen LogP contribution in [0.1, 0.15) is 57.8 Å². The summed E-state index contributed by atoms with van der Waals surface area (Å²) < 4.78 is 0. The summed E-state index contributed by atoms with van der Waals surface area (Å²) in [5.74, 6) is -3.30. The highest BCUT2D eigenvalue weighted by Crippen LogP contribution is 2.27. The van der Waals surface area contributed by atoms with E-state index in [-0.39, 0.29) is 0 Å². The molecule has 0 aromatic carbocycles. The van der Waals surface area contributed by atoms with Crippen molar-refractivity contribution in [1.29, 1.82) is 0 Å². The first-order chi connectivity index (χ1) is 8.13. The molecule has 17 heavy (non-hydrogen) atoms. The molecule has 0 radical (unpaired) electrons. The van der Waals surface area contributed by atoms with Crippen LogP contribution in [0.4, 0.5) is 0 Å². The molecule has 0 spiro atoms. The van der Waals surface area contributed by atoms with E-state index in [1.54, 1.807) is 0 Å². The molecule has 0 saturated heterocycles. The molecule has 1 saturated carbocycles. The highest BCUT2D eigenvalue weighted by molar-refractivity contribution is 5.79. The van der Waals surface area contributed by atoms with Gasteiger partial charge in [-0.3, -0.25) is 9.59 Å². The summed E-state index contributed by atoms with van der Waals surface area (Å²) in [5, 5.41) is 18.3. The summed E-state index contributed by atoms with van der Waals surface area (Å²) in [5.41, 5.74) is 0. The van der Waals surface area contributed by atoms with Crippen molar-refractivity contribution in [3.8, 4) is 0 Å². The van der Waals surface area contributed by atoms with E-state index in [0.29, 0.717) is 12.8 Å². The Morgan fingerprint density at radius 3 is 1.24 bits per heavy atom. The maximum absolute atomic E-state index is 11.2. The van der Waals surface area contributed by atoms with Crippen molar-refractivity contribution in [1.82, 2.24) is 0 Å². The predicted octanol–water partition coefficient (Wildman–Crippen LogP) is 2.91. The van der Waals surface area contributed by atoms with Crippen LogP contribution >= 0.6 is 0 Å². The first-order valence-electron chi connectivity index (χ1n) is 6.58.